The fraction of sp³-hybridized carbons (Fsp3) is 0.667. The van der Waals surface area contributed by atoms with E-state index in [0.29, 0.717) is 5.92 Å². The Morgan fingerprint density at radius 3 is 2.70 bits per heavy atom. The topological polar surface area (TPSA) is 48.5 Å². The zero-order chi connectivity index (χ0) is 16.1. The summed E-state index contributed by atoms with van der Waals surface area (Å²) in [5, 5.41) is 2.97. The van der Waals surface area contributed by atoms with Crippen molar-refractivity contribution in [1.29, 1.82) is 0 Å². The minimum atomic E-state index is 0.0215. The van der Waals surface area contributed by atoms with Gasteiger partial charge in [-0.05, 0) is 62.7 Å². The minimum absolute atomic E-state index is 0.0215. The number of nitrogens with one attached hydrogen (secondary N) is 1. The zero-order valence-corrected chi connectivity index (χ0v) is 14.1. The third kappa shape index (κ3) is 4.67. The second kappa shape index (κ2) is 7.77. The maximum absolute atomic E-state index is 12.4. The van der Waals surface area contributed by atoms with E-state index in [1.165, 1.54) is 32.4 Å². The lowest BCUT2D eigenvalue weighted by Gasteiger charge is -2.37. The summed E-state index contributed by atoms with van der Waals surface area (Å²) in [7, 11) is 0. The number of hydrogen-bond acceptors (Lipinski definition) is 3. The molecule has 1 atom stereocenters. The summed E-state index contributed by atoms with van der Waals surface area (Å²) < 4.78 is 0. The second-order valence-corrected chi connectivity index (χ2v) is 7.10. The number of nitrogens with zero attached hydrogens (tertiary/aromatic N) is 3. The maximum Gasteiger partial charge on any atom is 0.321 e. The fourth-order valence-corrected chi connectivity index (χ4v) is 3.65. The molecule has 1 aromatic heterocycles. The average Bonchev–Trinajstić information content (AvgIpc) is 2.58. The van der Waals surface area contributed by atoms with Gasteiger partial charge in [0.25, 0.3) is 0 Å². The SMILES string of the molecule is CC1CCN(C[C@H]2CCCN(C(=O)Nc3ccncc3)C2)CC1. The smallest absolute Gasteiger partial charge is 0.321 e. The number of anilines is 1. The lowest BCUT2D eigenvalue weighted by molar-refractivity contribution is 0.124. The highest BCUT2D eigenvalue weighted by Gasteiger charge is 2.26. The number of aromatic nitrogens is 1. The first-order valence-corrected chi connectivity index (χ1v) is 8.89. The van der Waals surface area contributed by atoms with E-state index in [0.717, 1.165) is 37.7 Å². The predicted molar refractivity (Wildman–Crippen MR) is 92.4 cm³/mol. The number of carbonyl (C=O) groups is 1. The van der Waals surface area contributed by atoms with Crippen LogP contribution in [0.3, 0.4) is 0 Å². The lowest BCUT2D eigenvalue weighted by Crippen LogP contribution is -2.46. The molecule has 2 saturated heterocycles. The number of rotatable bonds is 3. The van der Waals surface area contributed by atoms with Crippen molar-refractivity contribution < 1.29 is 4.79 Å². The molecular formula is C18H28N4O. The van der Waals surface area contributed by atoms with Crippen molar-refractivity contribution in [1.82, 2.24) is 14.8 Å². The molecule has 2 aliphatic rings. The van der Waals surface area contributed by atoms with E-state index < -0.39 is 0 Å². The number of likely N-dealkylation sites (tertiary alicyclic amines) is 2. The molecule has 0 aromatic carbocycles. The van der Waals surface area contributed by atoms with Crippen LogP contribution >= 0.6 is 0 Å². The molecule has 0 radical (unpaired) electrons. The standard InChI is InChI=1S/C18H28N4O/c1-15-6-11-21(12-7-15)13-16-3-2-10-22(14-16)18(23)20-17-4-8-19-9-5-17/h4-5,8-9,15-16H,2-3,6-7,10-14H2,1H3,(H,19,20,23)/t16-/m1/s1. The molecule has 1 N–H and O–H groups in total. The van der Waals surface area contributed by atoms with Crippen molar-refractivity contribution in [2.75, 3.05) is 38.0 Å². The quantitative estimate of drug-likeness (QED) is 0.932. The van der Waals surface area contributed by atoms with Gasteiger partial charge in [-0.25, -0.2) is 4.79 Å². The van der Waals surface area contributed by atoms with Gasteiger partial charge in [-0.1, -0.05) is 6.92 Å². The van der Waals surface area contributed by atoms with E-state index in [-0.39, 0.29) is 6.03 Å². The van der Waals surface area contributed by atoms with Crippen molar-refractivity contribution in [2.24, 2.45) is 11.8 Å². The van der Waals surface area contributed by atoms with Crippen molar-refractivity contribution in [3.05, 3.63) is 24.5 Å². The number of hydrogen-bond donors (Lipinski definition) is 1. The highest BCUT2D eigenvalue weighted by atomic mass is 16.2. The summed E-state index contributed by atoms with van der Waals surface area (Å²) in [6, 6.07) is 3.68. The summed E-state index contributed by atoms with van der Waals surface area (Å²) in [4.78, 5) is 21.0. The van der Waals surface area contributed by atoms with Crippen LogP contribution in [0.4, 0.5) is 10.5 Å². The first kappa shape index (κ1) is 16.2. The Balaban J connectivity index is 1.48. The molecule has 1 aromatic rings. The summed E-state index contributed by atoms with van der Waals surface area (Å²) >= 11 is 0. The molecule has 126 valence electrons. The van der Waals surface area contributed by atoms with Crippen LogP contribution in [0.2, 0.25) is 0 Å². The Kier molecular flexibility index (Phi) is 5.49. The third-order valence-corrected chi connectivity index (χ3v) is 5.13. The van der Waals surface area contributed by atoms with E-state index in [1.807, 2.05) is 17.0 Å². The van der Waals surface area contributed by atoms with E-state index in [9.17, 15) is 4.79 Å². The second-order valence-electron chi connectivity index (χ2n) is 7.10. The fourth-order valence-electron chi connectivity index (χ4n) is 3.65. The van der Waals surface area contributed by atoms with Crippen LogP contribution in [0.25, 0.3) is 0 Å². The molecule has 2 amide bonds. The Morgan fingerprint density at radius 2 is 1.96 bits per heavy atom. The number of pyridine rings is 1. The molecule has 0 spiro atoms. The molecule has 3 heterocycles. The molecule has 2 aliphatic heterocycles. The summed E-state index contributed by atoms with van der Waals surface area (Å²) in [5.41, 5.74) is 0.817. The molecule has 0 saturated carbocycles. The van der Waals surface area contributed by atoms with Gasteiger partial charge in [0.2, 0.25) is 0 Å². The molecule has 0 unspecified atom stereocenters. The van der Waals surface area contributed by atoms with Gasteiger partial charge in [0, 0.05) is 37.7 Å². The van der Waals surface area contributed by atoms with E-state index in [1.54, 1.807) is 12.4 Å². The van der Waals surface area contributed by atoms with Gasteiger partial charge in [0.05, 0.1) is 0 Å². The molecule has 2 fully saturated rings. The van der Waals surface area contributed by atoms with Crippen LogP contribution < -0.4 is 5.32 Å². The lowest BCUT2D eigenvalue weighted by atomic mass is 9.94. The number of urea groups is 1. The van der Waals surface area contributed by atoms with Gasteiger partial charge in [-0.3, -0.25) is 4.98 Å². The zero-order valence-electron chi connectivity index (χ0n) is 14.1. The van der Waals surface area contributed by atoms with Gasteiger partial charge in [0.15, 0.2) is 0 Å². The predicted octanol–water partition coefficient (Wildman–Crippen LogP) is 3.06. The van der Waals surface area contributed by atoms with Gasteiger partial charge in [-0.15, -0.1) is 0 Å². The number of amides is 2. The number of carbonyl (C=O) groups excluding carboxylic acids is 1. The molecular weight excluding hydrogens is 288 g/mol. The summed E-state index contributed by atoms with van der Waals surface area (Å²) in [5.74, 6) is 1.49. The molecule has 3 rings (SSSR count). The Bertz CT molecular complexity index is 499. The van der Waals surface area contributed by atoms with Crippen LogP contribution in [0.5, 0.6) is 0 Å². The summed E-state index contributed by atoms with van der Waals surface area (Å²) in [6.07, 6.45) is 8.39. The van der Waals surface area contributed by atoms with Gasteiger partial charge >= 0.3 is 6.03 Å². The van der Waals surface area contributed by atoms with Gasteiger partial charge in [-0.2, -0.15) is 0 Å². The minimum Gasteiger partial charge on any atom is -0.324 e. The molecule has 0 aliphatic carbocycles. The van der Waals surface area contributed by atoms with Crippen molar-refractivity contribution in [3.8, 4) is 0 Å². The van der Waals surface area contributed by atoms with Crippen molar-refractivity contribution in [3.63, 3.8) is 0 Å². The van der Waals surface area contributed by atoms with Crippen LogP contribution in [-0.4, -0.2) is 53.5 Å². The number of piperidine rings is 2. The first-order valence-electron chi connectivity index (χ1n) is 8.89. The average molecular weight is 316 g/mol. The normalized spacial score (nSPS) is 23.7. The van der Waals surface area contributed by atoms with Crippen LogP contribution in [0.15, 0.2) is 24.5 Å². The molecule has 0 bridgehead atoms. The van der Waals surface area contributed by atoms with Crippen LogP contribution in [0, 0.1) is 11.8 Å². The highest BCUT2D eigenvalue weighted by Crippen LogP contribution is 2.22. The van der Waals surface area contributed by atoms with E-state index in [2.05, 4.69) is 22.1 Å². The Labute approximate surface area is 139 Å². The summed E-state index contributed by atoms with van der Waals surface area (Å²) in [6.45, 7) is 7.68. The monoisotopic (exact) mass is 316 g/mol. The molecule has 23 heavy (non-hydrogen) atoms. The maximum atomic E-state index is 12.4. The van der Waals surface area contributed by atoms with Crippen molar-refractivity contribution >= 4 is 11.7 Å². The Hall–Kier alpha value is -1.62. The van der Waals surface area contributed by atoms with Gasteiger partial charge < -0.3 is 15.1 Å². The van der Waals surface area contributed by atoms with E-state index in [4.69, 9.17) is 0 Å². The van der Waals surface area contributed by atoms with Crippen LogP contribution in [0.1, 0.15) is 32.6 Å². The third-order valence-electron chi connectivity index (χ3n) is 5.13. The van der Waals surface area contributed by atoms with Crippen LogP contribution in [-0.2, 0) is 0 Å². The highest BCUT2D eigenvalue weighted by molar-refractivity contribution is 5.89. The van der Waals surface area contributed by atoms with E-state index >= 15 is 0 Å². The van der Waals surface area contributed by atoms with Gasteiger partial charge in [0.1, 0.15) is 0 Å². The first-order chi connectivity index (χ1) is 11.2. The van der Waals surface area contributed by atoms with Crippen molar-refractivity contribution in [2.45, 2.75) is 32.6 Å². The molecule has 5 heteroatoms. The molecule has 5 nitrogen and oxygen atoms in total. The Morgan fingerprint density at radius 1 is 1.22 bits per heavy atom. The largest absolute Gasteiger partial charge is 0.324 e.